The summed E-state index contributed by atoms with van der Waals surface area (Å²) in [6.07, 6.45) is 0.843. The SMILES string of the molecule is CCCOc1ccc(/C(O)=C2\C(=O)C(=O)N(c3cc(C)on3)[C@@H]2c2ccccc2F)cc1. The fraction of sp³-hybridized carbons (Fsp3) is 0.208. The van der Waals surface area contributed by atoms with Gasteiger partial charge in [0.1, 0.15) is 23.1 Å². The van der Waals surface area contributed by atoms with Crippen LogP contribution in [-0.2, 0) is 9.59 Å². The van der Waals surface area contributed by atoms with E-state index in [2.05, 4.69) is 5.16 Å². The molecule has 0 spiro atoms. The predicted molar refractivity (Wildman–Crippen MR) is 115 cm³/mol. The van der Waals surface area contributed by atoms with Gasteiger partial charge in [-0.3, -0.25) is 14.5 Å². The molecular weight excluding hydrogens is 415 g/mol. The number of aryl methyl sites for hydroxylation is 1. The molecule has 1 fully saturated rings. The first-order valence-electron chi connectivity index (χ1n) is 10.1. The molecule has 1 aromatic heterocycles. The zero-order valence-electron chi connectivity index (χ0n) is 17.5. The largest absolute Gasteiger partial charge is 0.507 e. The highest BCUT2D eigenvalue weighted by Gasteiger charge is 2.48. The molecule has 164 valence electrons. The maximum Gasteiger partial charge on any atom is 0.301 e. The number of nitrogens with zero attached hydrogens (tertiary/aromatic N) is 2. The number of ketones is 1. The summed E-state index contributed by atoms with van der Waals surface area (Å²) in [4.78, 5) is 27.0. The Morgan fingerprint density at radius 3 is 2.53 bits per heavy atom. The second-order valence-electron chi connectivity index (χ2n) is 7.36. The maximum absolute atomic E-state index is 14.8. The molecule has 0 saturated carbocycles. The van der Waals surface area contributed by atoms with Gasteiger partial charge in [0.05, 0.1) is 18.2 Å². The van der Waals surface area contributed by atoms with Gasteiger partial charge in [-0.05, 0) is 43.7 Å². The molecule has 7 nitrogen and oxygen atoms in total. The number of anilines is 1. The number of amides is 1. The Balaban J connectivity index is 1.86. The van der Waals surface area contributed by atoms with Gasteiger partial charge in [0, 0.05) is 17.2 Å². The van der Waals surface area contributed by atoms with Crippen LogP contribution < -0.4 is 9.64 Å². The smallest absolute Gasteiger partial charge is 0.301 e. The van der Waals surface area contributed by atoms with Crippen molar-refractivity contribution in [1.29, 1.82) is 0 Å². The van der Waals surface area contributed by atoms with E-state index in [1.165, 1.54) is 24.3 Å². The third-order valence-electron chi connectivity index (χ3n) is 5.11. The number of hydrogen-bond donors (Lipinski definition) is 1. The standard InChI is InChI=1S/C24H21FN2O5/c1-3-12-31-16-10-8-15(9-11-16)22(28)20-21(17-6-4-5-7-18(17)25)27(24(30)23(20)29)19-13-14(2)32-26-19/h4-11,13,21,28H,3,12H2,1-2H3/b22-20+/t21-/m1/s1. The van der Waals surface area contributed by atoms with E-state index >= 15 is 0 Å². The summed E-state index contributed by atoms with van der Waals surface area (Å²) in [5.41, 5.74) is 0.115. The highest BCUT2D eigenvalue weighted by Crippen LogP contribution is 2.42. The number of rotatable bonds is 6. The summed E-state index contributed by atoms with van der Waals surface area (Å²) in [6.45, 7) is 4.16. The Morgan fingerprint density at radius 2 is 1.91 bits per heavy atom. The zero-order chi connectivity index (χ0) is 22.8. The van der Waals surface area contributed by atoms with Gasteiger partial charge in [-0.15, -0.1) is 0 Å². The number of hydrogen-bond acceptors (Lipinski definition) is 6. The lowest BCUT2D eigenvalue weighted by atomic mass is 9.95. The Kier molecular flexibility index (Phi) is 5.77. The van der Waals surface area contributed by atoms with Crippen LogP contribution in [0.4, 0.5) is 10.2 Å². The van der Waals surface area contributed by atoms with Crippen LogP contribution in [0.25, 0.3) is 5.76 Å². The molecule has 1 aliphatic rings. The molecule has 4 rings (SSSR count). The lowest BCUT2D eigenvalue weighted by molar-refractivity contribution is -0.132. The molecule has 2 heterocycles. The summed E-state index contributed by atoms with van der Waals surface area (Å²) in [5, 5.41) is 14.9. The molecular formula is C24H21FN2O5. The molecule has 1 atom stereocenters. The summed E-state index contributed by atoms with van der Waals surface area (Å²) in [6, 6.07) is 12.5. The first-order valence-corrected chi connectivity index (χ1v) is 10.1. The van der Waals surface area contributed by atoms with Crippen LogP contribution in [0.2, 0.25) is 0 Å². The van der Waals surface area contributed by atoms with Crippen molar-refractivity contribution >= 4 is 23.3 Å². The third-order valence-corrected chi connectivity index (χ3v) is 5.11. The lowest BCUT2D eigenvalue weighted by Gasteiger charge is -2.23. The Morgan fingerprint density at radius 1 is 1.19 bits per heavy atom. The van der Waals surface area contributed by atoms with Crippen LogP contribution in [-0.4, -0.2) is 28.6 Å². The normalized spacial score (nSPS) is 17.7. The van der Waals surface area contributed by atoms with Crippen LogP contribution in [0.1, 0.15) is 36.3 Å². The fourth-order valence-electron chi connectivity index (χ4n) is 3.61. The van der Waals surface area contributed by atoms with Crippen LogP contribution in [0.15, 0.2) is 64.7 Å². The second kappa shape index (κ2) is 8.66. The van der Waals surface area contributed by atoms with Gasteiger partial charge in [0.2, 0.25) is 0 Å². The first-order chi connectivity index (χ1) is 15.4. The molecule has 32 heavy (non-hydrogen) atoms. The number of halogens is 1. The monoisotopic (exact) mass is 436 g/mol. The van der Waals surface area contributed by atoms with Gasteiger partial charge < -0.3 is 14.4 Å². The number of benzene rings is 2. The van der Waals surface area contributed by atoms with Crippen molar-refractivity contribution in [3.05, 3.63) is 82.9 Å². The van der Waals surface area contributed by atoms with Crippen LogP contribution in [0.5, 0.6) is 5.75 Å². The quantitative estimate of drug-likeness (QED) is 0.347. The lowest BCUT2D eigenvalue weighted by Crippen LogP contribution is -2.30. The van der Waals surface area contributed by atoms with Gasteiger partial charge in [-0.1, -0.05) is 30.3 Å². The molecule has 0 bridgehead atoms. The highest BCUT2D eigenvalue weighted by molar-refractivity contribution is 6.51. The van der Waals surface area contributed by atoms with Crippen LogP contribution in [0.3, 0.4) is 0 Å². The van der Waals surface area contributed by atoms with Crippen LogP contribution in [0, 0.1) is 12.7 Å². The van der Waals surface area contributed by atoms with E-state index in [1.807, 2.05) is 6.92 Å². The number of carbonyl (C=O) groups is 2. The fourth-order valence-corrected chi connectivity index (χ4v) is 3.61. The summed E-state index contributed by atoms with van der Waals surface area (Å²) in [7, 11) is 0. The first kappa shape index (κ1) is 21.3. The van der Waals surface area contributed by atoms with E-state index in [0.29, 0.717) is 23.7 Å². The summed E-state index contributed by atoms with van der Waals surface area (Å²) in [5.74, 6) is -1.84. The molecule has 2 aromatic carbocycles. The van der Waals surface area contributed by atoms with E-state index in [-0.39, 0.29) is 17.0 Å². The minimum atomic E-state index is -1.21. The number of aliphatic hydroxyl groups excluding tert-OH is 1. The Bertz CT molecular complexity index is 1200. The number of Topliss-reactive ketones (excluding diaryl/α,β-unsaturated/α-hetero) is 1. The minimum Gasteiger partial charge on any atom is -0.507 e. The number of aromatic nitrogens is 1. The van der Waals surface area contributed by atoms with Crippen molar-refractivity contribution in [2.24, 2.45) is 0 Å². The van der Waals surface area contributed by atoms with Gasteiger partial charge in [0.15, 0.2) is 5.82 Å². The summed E-state index contributed by atoms with van der Waals surface area (Å²) >= 11 is 0. The van der Waals surface area contributed by atoms with Gasteiger partial charge in [-0.25, -0.2) is 4.39 Å². The molecule has 1 saturated heterocycles. The Hall–Kier alpha value is -3.94. The zero-order valence-corrected chi connectivity index (χ0v) is 17.5. The molecule has 1 amide bonds. The molecule has 0 unspecified atom stereocenters. The average Bonchev–Trinajstić information content (AvgIpc) is 3.33. The molecule has 1 N–H and O–H groups in total. The van der Waals surface area contributed by atoms with Crippen LogP contribution >= 0.6 is 0 Å². The maximum atomic E-state index is 14.8. The molecule has 3 aromatic rings. The number of aliphatic hydroxyl groups is 1. The van der Waals surface area contributed by atoms with E-state index < -0.39 is 29.3 Å². The van der Waals surface area contributed by atoms with Crippen molar-refractivity contribution in [3.8, 4) is 5.75 Å². The van der Waals surface area contributed by atoms with Crippen molar-refractivity contribution < 1.29 is 28.3 Å². The van der Waals surface area contributed by atoms with E-state index in [0.717, 1.165) is 11.3 Å². The topological polar surface area (TPSA) is 92.9 Å². The van der Waals surface area contributed by atoms with E-state index in [1.54, 1.807) is 37.3 Å². The molecule has 8 heteroatoms. The van der Waals surface area contributed by atoms with Crippen molar-refractivity contribution in [3.63, 3.8) is 0 Å². The molecule has 1 aliphatic heterocycles. The highest BCUT2D eigenvalue weighted by atomic mass is 19.1. The second-order valence-corrected chi connectivity index (χ2v) is 7.36. The minimum absolute atomic E-state index is 0.0526. The Labute approximate surface area is 183 Å². The predicted octanol–water partition coefficient (Wildman–Crippen LogP) is 4.54. The number of carbonyl (C=O) groups excluding carboxylic acids is 2. The van der Waals surface area contributed by atoms with E-state index in [4.69, 9.17) is 9.26 Å². The van der Waals surface area contributed by atoms with Crippen molar-refractivity contribution in [1.82, 2.24) is 5.16 Å². The van der Waals surface area contributed by atoms with Crippen molar-refractivity contribution in [2.75, 3.05) is 11.5 Å². The molecule has 0 radical (unpaired) electrons. The number of ether oxygens (including phenoxy) is 1. The van der Waals surface area contributed by atoms with Crippen molar-refractivity contribution in [2.45, 2.75) is 26.3 Å². The third kappa shape index (κ3) is 3.75. The van der Waals surface area contributed by atoms with E-state index in [9.17, 15) is 19.1 Å². The van der Waals surface area contributed by atoms with Gasteiger partial charge in [0.25, 0.3) is 5.78 Å². The summed E-state index contributed by atoms with van der Waals surface area (Å²) < 4.78 is 25.4. The molecule has 0 aliphatic carbocycles. The van der Waals surface area contributed by atoms with Gasteiger partial charge in [-0.2, -0.15) is 0 Å². The average molecular weight is 436 g/mol. The van der Waals surface area contributed by atoms with Gasteiger partial charge >= 0.3 is 5.91 Å².